The second kappa shape index (κ2) is 4.25. The third kappa shape index (κ3) is 3.15. The molecule has 1 aromatic rings. The summed E-state index contributed by atoms with van der Waals surface area (Å²) in [5.41, 5.74) is 9.34. The second-order valence-electron chi connectivity index (χ2n) is 6.72. The lowest BCUT2D eigenvalue weighted by Gasteiger charge is -2.47. The number of nitrogens with two attached hydrogens (primary N) is 1. The molecule has 0 amide bonds. The van der Waals surface area contributed by atoms with Crippen LogP contribution in [0, 0.1) is 6.92 Å². The maximum absolute atomic E-state index is 6.02. The zero-order valence-electron chi connectivity index (χ0n) is 12.3. The van der Waals surface area contributed by atoms with Crippen molar-refractivity contribution in [3.05, 3.63) is 23.8 Å². The van der Waals surface area contributed by atoms with Gasteiger partial charge in [-0.1, -0.05) is 6.07 Å². The molecular formula is C15H26N2. The lowest BCUT2D eigenvalue weighted by atomic mass is 9.94. The van der Waals surface area contributed by atoms with E-state index in [4.69, 9.17) is 5.73 Å². The van der Waals surface area contributed by atoms with Crippen molar-refractivity contribution in [2.24, 2.45) is 0 Å². The number of anilines is 2. The Hall–Kier alpha value is -1.18. The average Bonchev–Trinajstić information content (AvgIpc) is 2.06. The Balaban J connectivity index is 3.29. The fraction of sp³-hybridized carbons (Fsp3) is 0.600. The van der Waals surface area contributed by atoms with E-state index in [1.165, 1.54) is 5.69 Å². The lowest BCUT2D eigenvalue weighted by molar-refractivity contribution is 0.381. The highest BCUT2D eigenvalue weighted by atomic mass is 15.2. The van der Waals surface area contributed by atoms with Gasteiger partial charge >= 0.3 is 0 Å². The first kappa shape index (κ1) is 13.9. The topological polar surface area (TPSA) is 29.3 Å². The maximum Gasteiger partial charge on any atom is 0.0395 e. The fourth-order valence-electron chi connectivity index (χ4n) is 2.55. The van der Waals surface area contributed by atoms with Crippen molar-refractivity contribution in [3.63, 3.8) is 0 Å². The Bertz CT molecular complexity index is 380. The average molecular weight is 234 g/mol. The normalized spacial score (nSPS) is 12.6. The zero-order valence-corrected chi connectivity index (χ0v) is 12.3. The van der Waals surface area contributed by atoms with Crippen LogP contribution in [0.25, 0.3) is 0 Å². The Morgan fingerprint density at radius 3 is 1.76 bits per heavy atom. The quantitative estimate of drug-likeness (QED) is 0.745. The highest BCUT2D eigenvalue weighted by Gasteiger charge is 2.31. The van der Waals surface area contributed by atoms with Gasteiger partial charge in [0.25, 0.3) is 0 Å². The van der Waals surface area contributed by atoms with E-state index in [1.54, 1.807) is 0 Å². The Morgan fingerprint density at radius 1 is 0.941 bits per heavy atom. The van der Waals surface area contributed by atoms with Crippen LogP contribution >= 0.6 is 0 Å². The van der Waals surface area contributed by atoms with Crippen LogP contribution < -0.4 is 10.6 Å². The van der Waals surface area contributed by atoms with Gasteiger partial charge in [-0.05, 0) is 66.2 Å². The van der Waals surface area contributed by atoms with Gasteiger partial charge in [0, 0.05) is 22.5 Å². The summed E-state index contributed by atoms with van der Waals surface area (Å²) in [5, 5.41) is 0. The highest BCUT2D eigenvalue weighted by molar-refractivity contribution is 5.61. The van der Waals surface area contributed by atoms with Crippen LogP contribution in [0.1, 0.15) is 47.1 Å². The summed E-state index contributed by atoms with van der Waals surface area (Å²) < 4.78 is 0. The minimum Gasteiger partial charge on any atom is -0.398 e. The molecule has 0 aliphatic carbocycles. The van der Waals surface area contributed by atoms with Gasteiger partial charge < -0.3 is 10.6 Å². The van der Waals surface area contributed by atoms with Gasteiger partial charge in [-0.2, -0.15) is 0 Å². The summed E-state index contributed by atoms with van der Waals surface area (Å²) in [6.07, 6.45) is 0. The van der Waals surface area contributed by atoms with Crippen LogP contribution in [0.2, 0.25) is 0 Å². The number of hydrogen-bond acceptors (Lipinski definition) is 2. The summed E-state index contributed by atoms with van der Waals surface area (Å²) in [4.78, 5) is 2.41. The standard InChI is InChI=1S/C15H26N2/c1-11-8-9-12(10-13(11)16)17(14(2,3)4)15(5,6)7/h8-10H,16H2,1-7H3. The van der Waals surface area contributed by atoms with E-state index in [0.717, 1.165) is 11.3 Å². The third-order valence-corrected chi connectivity index (χ3v) is 2.86. The molecular weight excluding hydrogens is 208 g/mol. The molecule has 0 fully saturated rings. The largest absolute Gasteiger partial charge is 0.398 e. The molecule has 2 nitrogen and oxygen atoms in total. The van der Waals surface area contributed by atoms with Crippen LogP contribution in [-0.2, 0) is 0 Å². The van der Waals surface area contributed by atoms with Crippen molar-refractivity contribution in [2.75, 3.05) is 10.6 Å². The predicted molar refractivity (Wildman–Crippen MR) is 77.6 cm³/mol. The van der Waals surface area contributed by atoms with Gasteiger partial charge in [0.05, 0.1) is 0 Å². The molecule has 0 aliphatic rings. The molecule has 0 saturated carbocycles. The van der Waals surface area contributed by atoms with Crippen molar-refractivity contribution < 1.29 is 0 Å². The van der Waals surface area contributed by atoms with Crippen LogP contribution in [0.15, 0.2) is 18.2 Å². The number of rotatable bonds is 1. The Kier molecular flexibility index (Phi) is 3.47. The third-order valence-electron chi connectivity index (χ3n) is 2.86. The molecule has 0 unspecified atom stereocenters. The molecule has 17 heavy (non-hydrogen) atoms. The lowest BCUT2D eigenvalue weighted by Crippen LogP contribution is -2.53. The summed E-state index contributed by atoms with van der Waals surface area (Å²) in [6.45, 7) is 15.4. The summed E-state index contributed by atoms with van der Waals surface area (Å²) in [5.74, 6) is 0. The van der Waals surface area contributed by atoms with E-state index in [1.807, 2.05) is 6.92 Å². The molecule has 1 aromatic carbocycles. The van der Waals surface area contributed by atoms with E-state index < -0.39 is 0 Å². The molecule has 0 radical (unpaired) electrons. The van der Waals surface area contributed by atoms with Crippen LogP contribution in [0.3, 0.4) is 0 Å². The van der Waals surface area contributed by atoms with Crippen LogP contribution in [0.4, 0.5) is 11.4 Å². The van der Waals surface area contributed by atoms with E-state index in [0.29, 0.717) is 0 Å². The first-order chi connectivity index (χ1) is 7.53. The van der Waals surface area contributed by atoms with Gasteiger partial charge in [-0.15, -0.1) is 0 Å². The number of nitrogen functional groups attached to an aromatic ring is 1. The Labute approximate surface area is 106 Å². The molecule has 0 saturated heterocycles. The molecule has 0 atom stereocenters. The first-order valence-corrected chi connectivity index (χ1v) is 6.20. The van der Waals surface area contributed by atoms with Crippen molar-refractivity contribution in [3.8, 4) is 0 Å². The molecule has 0 bridgehead atoms. The molecule has 96 valence electrons. The molecule has 2 heteroatoms. The van der Waals surface area contributed by atoms with Gasteiger partial charge in [0.2, 0.25) is 0 Å². The van der Waals surface area contributed by atoms with E-state index in [-0.39, 0.29) is 11.1 Å². The smallest absolute Gasteiger partial charge is 0.0395 e. The van der Waals surface area contributed by atoms with Crippen molar-refractivity contribution >= 4 is 11.4 Å². The number of hydrogen-bond donors (Lipinski definition) is 1. The number of aryl methyl sites for hydroxylation is 1. The maximum atomic E-state index is 6.02. The summed E-state index contributed by atoms with van der Waals surface area (Å²) >= 11 is 0. The van der Waals surface area contributed by atoms with Crippen molar-refractivity contribution in [1.82, 2.24) is 0 Å². The van der Waals surface area contributed by atoms with Gasteiger partial charge in [0.15, 0.2) is 0 Å². The fourth-order valence-corrected chi connectivity index (χ4v) is 2.55. The number of benzene rings is 1. The summed E-state index contributed by atoms with van der Waals surface area (Å²) in [7, 11) is 0. The van der Waals surface area contributed by atoms with Crippen molar-refractivity contribution in [1.29, 1.82) is 0 Å². The van der Waals surface area contributed by atoms with E-state index >= 15 is 0 Å². The van der Waals surface area contributed by atoms with Gasteiger partial charge in [0.1, 0.15) is 0 Å². The van der Waals surface area contributed by atoms with Crippen LogP contribution in [0.5, 0.6) is 0 Å². The van der Waals surface area contributed by atoms with Gasteiger partial charge in [-0.3, -0.25) is 0 Å². The molecule has 0 aliphatic heterocycles. The SMILES string of the molecule is Cc1ccc(N(C(C)(C)C)C(C)(C)C)cc1N. The first-order valence-electron chi connectivity index (χ1n) is 6.20. The molecule has 1 rings (SSSR count). The molecule has 0 spiro atoms. The second-order valence-corrected chi connectivity index (χ2v) is 6.72. The molecule has 2 N–H and O–H groups in total. The van der Waals surface area contributed by atoms with E-state index in [9.17, 15) is 0 Å². The molecule has 0 aromatic heterocycles. The highest BCUT2D eigenvalue weighted by Crippen LogP contribution is 2.33. The van der Waals surface area contributed by atoms with Gasteiger partial charge in [-0.25, -0.2) is 0 Å². The molecule has 0 heterocycles. The zero-order chi connectivity index (χ0) is 13.4. The summed E-state index contributed by atoms with van der Waals surface area (Å²) in [6, 6.07) is 6.32. The van der Waals surface area contributed by atoms with Crippen molar-refractivity contribution in [2.45, 2.75) is 59.5 Å². The Morgan fingerprint density at radius 2 is 1.41 bits per heavy atom. The minimum absolute atomic E-state index is 0.0694. The predicted octanol–water partition coefficient (Wildman–Crippen LogP) is 3.98. The van der Waals surface area contributed by atoms with E-state index in [2.05, 4.69) is 64.6 Å². The number of nitrogens with zero attached hydrogens (tertiary/aromatic N) is 1. The van der Waals surface area contributed by atoms with Crippen LogP contribution in [-0.4, -0.2) is 11.1 Å². The minimum atomic E-state index is 0.0694. The monoisotopic (exact) mass is 234 g/mol.